The summed E-state index contributed by atoms with van der Waals surface area (Å²) in [6, 6.07) is 19.8. The fraction of sp³-hybridized carbons (Fsp3) is 0.136. The minimum Gasteiger partial charge on any atom is -0.497 e. The van der Waals surface area contributed by atoms with Gasteiger partial charge in [0.25, 0.3) is 5.56 Å². The zero-order valence-electron chi connectivity index (χ0n) is 16.8. The van der Waals surface area contributed by atoms with Crippen LogP contribution in [0.5, 0.6) is 5.75 Å². The summed E-state index contributed by atoms with van der Waals surface area (Å²) in [6.45, 7) is -0.0475. The minimum atomic E-state index is -0.359. The van der Waals surface area contributed by atoms with E-state index in [2.05, 4.69) is 25.6 Å². The van der Waals surface area contributed by atoms with Crippen molar-refractivity contribution in [2.24, 2.45) is 0 Å². The van der Waals surface area contributed by atoms with Crippen LogP contribution in [0.4, 0.5) is 0 Å². The lowest BCUT2D eigenvalue weighted by Crippen LogP contribution is -2.33. The second-order valence-electron chi connectivity index (χ2n) is 6.69. The number of nitrogens with zero attached hydrogens (tertiary/aromatic N) is 4. The molecular weight excluding hydrogens is 396 g/mol. The van der Waals surface area contributed by atoms with Crippen molar-refractivity contribution in [3.8, 4) is 28.4 Å². The molecule has 9 heteroatoms. The van der Waals surface area contributed by atoms with E-state index in [-0.39, 0.29) is 24.6 Å². The van der Waals surface area contributed by atoms with E-state index < -0.39 is 0 Å². The molecular formula is C22H20N6O3. The smallest absolute Gasteiger partial charge is 0.267 e. The quantitative estimate of drug-likeness (QED) is 0.476. The zero-order chi connectivity index (χ0) is 21.6. The van der Waals surface area contributed by atoms with Crippen LogP contribution in [0.3, 0.4) is 0 Å². The van der Waals surface area contributed by atoms with Crippen LogP contribution < -0.4 is 15.6 Å². The summed E-state index contributed by atoms with van der Waals surface area (Å²) >= 11 is 0. The third-order valence-electron chi connectivity index (χ3n) is 4.56. The highest BCUT2D eigenvalue weighted by Crippen LogP contribution is 2.19. The first-order valence-electron chi connectivity index (χ1n) is 9.58. The molecule has 0 fully saturated rings. The summed E-state index contributed by atoms with van der Waals surface area (Å²) in [6.07, 6.45) is 0. The number of rotatable bonds is 7. The molecule has 1 amide bonds. The van der Waals surface area contributed by atoms with Crippen molar-refractivity contribution in [3.05, 3.63) is 82.9 Å². The van der Waals surface area contributed by atoms with E-state index in [0.717, 1.165) is 21.6 Å². The van der Waals surface area contributed by atoms with Gasteiger partial charge in [0.05, 0.1) is 19.3 Å². The molecule has 4 rings (SSSR count). The third kappa shape index (κ3) is 4.84. The molecule has 2 heterocycles. The van der Waals surface area contributed by atoms with E-state index in [1.54, 1.807) is 13.2 Å². The SMILES string of the molecule is COc1ccc(-c2n[nH]c(CNC(=O)Cn3nc(-c4ccccc4)ccc3=O)n2)cc1. The molecule has 31 heavy (non-hydrogen) atoms. The van der Waals surface area contributed by atoms with Crippen molar-refractivity contribution in [3.63, 3.8) is 0 Å². The number of amides is 1. The second-order valence-corrected chi connectivity index (χ2v) is 6.69. The van der Waals surface area contributed by atoms with E-state index in [4.69, 9.17) is 4.74 Å². The predicted molar refractivity (Wildman–Crippen MR) is 114 cm³/mol. The van der Waals surface area contributed by atoms with E-state index in [1.165, 1.54) is 6.07 Å². The van der Waals surface area contributed by atoms with Gasteiger partial charge in [0.15, 0.2) is 5.82 Å². The Hall–Kier alpha value is -4.27. The molecule has 0 saturated heterocycles. The Labute approximate surface area is 177 Å². The lowest BCUT2D eigenvalue weighted by atomic mass is 10.1. The minimum absolute atomic E-state index is 0.148. The molecule has 0 bridgehead atoms. The second kappa shape index (κ2) is 9.04. The molecule has 9 nitrogen and oxygen atoms in total. The van der Waals surface area contributed by atoms with Gasteiger partial charge in [0.2, 0.25) is 5.91 Å². The van der Waals surface area contributed by atoms with Gasteiger partial charge in [-0.3, -0.25) is 14.7 Å². The van der Waals surface area contributed by atoms with Gasteiger partial charge in [-0.15, -0.1) is 0 Å². The lowest BCUT2D eigenvalue weighted by molar-refractivity contribution is -0.122. The van der Waals surface area contributed by atoms with Crippen molar-refractivity contribution in [1.29, 1.82) is 0 Å². The maximum absolute atomic E-state index is 12.3. The van der Waals surface area contributed by atoms with Crippen LogP contribution in [-0.4, -0.2) is 38.0 Å². The number of carbonyl (C=O) groups is 1. The summed E-state index contributed by atoms with van der Waals surface area (Å²) in [7, 11) is 1.60. The maximum atomic E-state index is 12.3. The Kier molecular flexibility index (Phi) is 5.84. The average molecular weight is 416 g/mol. The van der Waals surface area contributed by atoms with Crippen LogP contribution in [0.15, 0.2) is 71.5 Å². The zero-order valence-corrected chi connectivity index (χ0v) is 16.8. The number of aromatic nitrogens is 5. The molecule has 2 aromatic carbocycles. The number of ether oxygens (including phenoxy) is 1. The number of nitrogens with one attached hydrogen (secondary N) is 2. The van der Waals surface area contributed by atoms with Crippen LogP contribution in [-0.2, 0) is 17.9 Å². The van der Waals surface area contributed by atoms with Gasteiger partial charge in [-0.25, -0.2) is 9.67 Å². The van der Waals surface area contributed by atoms with Crippen molar-refractivity contribution in [2.75, 3.05) is 7.11 Å². The van der Waals surface area contributed by atoms with Crippen molar-refractivity contribution >= 4 is 5.91 Å². The highest BCUT2D eigenvalue weighted by molar-refractivity contribution is 5.75. The first-order chi connectivity index (χ1) is 15.1. The Morgan fingerprint density at radius 1 is 1.03 bits per heavy atom. The molecule has 0 aliphatic carbocycles. The molecule has 4 aromatic rings. The fourth-order valence-electron chi connectivity index (χ4n) is 2.94. The van der Waals surface area contributed by atoms with Gasteiger partial charge in [-0.05, 0) is 30.3 Å². The number of benzene rings is 2. The van der Waals surface area contributed by atoms with Crippen LogP contribution in [0.1, 0.15) is 5.82 Å². The number of carbonyl (C=O) groups excluding carboxylic acids is 1. The highest BCUT2D eigenvalue weighted by Gasteiger charge is 2.10. The monoisotopic (exact) mass is 416 g/mol. The summed E-state index contributed by atoms with van der Waals surface area (Å²) in [5, 5.41) is 14.0. The summed E-state index contributed by atoms with van der Waals surface area (Å²) in [5.41, 5.74) is 1.95. The Bertz CT molecular complexity index is 1230. The molecule has 2 aromatic heterocycles. The topological polar surface area (TPSA) is 115 Å². The van der Waals surface area contributed by atoms with Crippen molar-refractivity contribution < 1.29 is 9.53 Å². The third-order valence-corrected chi connectivity index (χ3v) is 4.56. The van der Waals surface area contributed by atoms with Gasteiger partial charge in [0, 0.05) is 17.2 Å². The standard InChI is InChI=1S/C22H20N6O3/c1-31-17-9-7-16(8-10-17)22-24-19(25-26-22)13-23-20(29)14-28-21(30)12-11-18(27-28)15-5-3-2-4-6-15/h2-12H,13-14H2,1H3,(H,23,29)(H,24,25,26). The molecule has 0 saturated carbocycles. The first kappa shape index (κ1) is 20.0. The van der Waals surface area contributed by atoms with E-state index in [1.807, 2.05) is 54.6 Å². The molecule has 0 aliphatic rings. The Morgan fingerprint density at radius 2 is 1.81 bits per heavy atom. The highest BCUT2D eigenvalue weighted by atomic mass is 16.5. The van der Waals surface area contributed by atoms with Gasteiger partial charge in [-0.1, -0.05) is 30.3 Å². The summed E-state index contributed by atoms with van der Waals surface area (Å²) < 4.78 is 6.28. The van der Waals surface area contributed by atoms with E-state index >= 15 is 0 Å². The normalized spacial score (nSPS) is 10.6. The number of hydrogen-bond acceptors (Lipinski definition) is 6. The van der Waals surface area contributed by atoms with E-state index in [0.29, 0.717) is 17.3 Å². The molecule has 2 N–H and O–H groups in total. The predicted octanol–water partition coefficient (Wildman–Crippen LogP) is 2.02. The van der Waals surface area contributed by atoms with Crippen LogP contribution in [0, 0.1) is 0 Å². The van der Waals surface area contributed by atoms with Crippen LogP contribution in [0.25, 0.3) is 22.6 Å². The molecule has 0 aliphatic heterocycles. The van der Waals surface area contributed by atoms with Crippen molar-refractivity contribution in [2.45, 2.75) is 13.1 Å². The number of aromatic amines is 1. The number of methoxy groups -OCH3 is 1. The number of hydrogen-bond donors (Lipinski definition) is 2. The average Bonchev–Trinajstić information content (AvgIpc) is 3.29. The molecule has 0 spiro atoms. The molecule has 0 atom stereocenters. The first-order valence-corrected chi connectivity index (χ1v) is 9.58. The maximum Gasteiger partial charge on any atom is 0.267 e. The molecule has 0 unspecified atom stereocenters. The van der Waals surface area contributed by atoms with Crippen LogP contribution >= 0.6 is 0 Å². The van der Waals surface area contributed by atoms with Crippen molar-refractivity contribution in [1.82, 2.24) is 30.3 Å². The summed E-state index contributed by atoms with van der Waals surface area (Å²) in [5.74, 6) is 1.40. The van der Waals surface area contributed by atoms with Gasteiger partial charge < -0.3 is 10.1 Å². The Balaban J connectivity index is 1.39. The number of H-pyrrole nitrogens is 1. The largest absolute Gasteiger partial charge is 0.497 e. The van der Waals surface area contributed by atoms with Gasteiger partial charge in [-0.2, -0.15) is 10.2 Å². The molecule has 0 radical (unpaired) electrons. The van der Waals surface area contributed by atoms with Gasteiger partial charge in [0.1, 0.15) is 18.1 Å². The van der Waals surface area contributed by atoms with Crippen LogP contribution in [0.2, 0.25) is 0 Å². The summed E-state index contributed by atoms with van der Waals surface area (Å²) in [4.78, 5) is 28.8. The Morgan fingerprint density at radius 3 is 2.55 bits per heavy atom. The molecule has 156 valence electrons. The van der Waals surface area contributed by atoms with E-state index in [9.17, 15) is 9.59 Å². The fourth-order valence-corrected chi connectivity index (χ4v) is 2.94. The lowest BCUT2D eigenvalue weighted by Gasteiger charge is -2.07. The van der Waals surface area contributed by atoms with Gasteiger partial charge >= 0.3 is 0 Å².